The lowest BCUT2D eigenvalue weighted by Crippen LogP contribution is -2.06. The minimum Gasteiger partial charge on any atom is -0.478 e. The second-order valence-electron chi connectivity index (χ2n) is 8.70. The molecule has 1 N–H and O–H groups in total. The number of hydrogen-bond acceptors (Lipinski definition) is 1. The molecule has 0 unspecified atom stereocenters. The van der Waals surface area contributed by atoms with Crippen molar-refractivity contribution in [3.63, 3.8) is 0 Å². The highest BCUT2D eigenvalue weighted by molar-refractivity contribution is 5.89. The van der Waals surface area contributed by atoms with Gasteiger partial charge in [-0.3, -0.25) is 0 Å². The standard InChI is InChI=1S/C27H46O2/c1-3-5-7-9-11-12-13-14-16-18-22-25-24(20-17-15-10-8-6-4-2)21-19-23-26(25)27(28)29/h19,21,23H,3-18,20,22H2,1-2H3,(H,28,29). The summed E-state index contributed by atoms with van der Waals surface area (Å²) in [6.07, 6.45) is 22.8. The van der Waals surface area contributed by atoms with E-state index in [9.17, 15) is 9.90 Å². The number of aromatic carboxylic acids is 1. The second kappa shape index (κ2) is 17.5. The first-order chi connectivity index (χ1) is 14.2. The molecule has 29 heavy (non-hydrogen) atoms. The Labute approximate surface area is 180 Å². The van der Waals surface area contributed by atoms with E-state index in [0.717, 1.165) is 24.8 Å². The van der Waals surface area contributed by atoms with Crippen LogP contribution in [0.2, 0.25) is 0 Å². The highest BCUT2D eigenvalue weighted by Crippen LogP contribution is 2.22. The molecule has 0 fully saturated rings. The fraction of sp³-hybridized carbons (Fsp3) is 0.741. The summed E-state index contributed by atoms with van der Waals surface area (Å²) in [4.78, 5) is 11.7. The molecule has 2 heteroatoms. The van der Waals surface area contributed by atoms with Crippen molar-refractivity contribution in [2.75, 3.05) is 0 Å². The lowest BCUT2D eigenvalue weighted by molar-refractivity contribution is 0.0695. The molecule has 0 aliphatic heterocycles. The van der Waals surface area contributed by atoms with Gasteiger partial charge in [-0.05, 0) is 42.9 Å². The van der Waals surface area contributed by atoms with Crippen LogP contribution in [0.3, 0.4) is 0 Å². The van der Waals surface area contributed by atoms with Crippen molar-refractivity contribution in [3.8, 4) is 0 Å². The maximum Gasteiger partial charge on any atom is 0.335 e. The normalized spacial score (nSPS) is 11.1. The van der Waals surface area contributed by atoms with Crippen LogP contribution in [0.1, 0.15) is 138 Å². The molecule has 0 amide bonds. The van der Waals surface area contributed by atoms with Gasteiger partial charge in [0.15, 0.2) is 0 Å². The molecule has 0 saturated carbocycles. The summed E-state index contributed by atoms with van der Waals surface area (Å²) in [5, 5.41) is 9.62. The zero-order valence-corrected chi connectivity index (χ0v) is 19.3. The highest BCUT2D eigenvalue weighted by Gasteiger charge is 2.13. The molecule has 0 heterocycles. The van der Waals surface area contributed by atoms with Gasteiger partial charge in [-0.1, -0.05) is 116 Å². The van der Waals surface area contributed by atoms with Crippen LogP contribution >= 0.6 is 0 Å². The second-order valence-corrected chi connectivity index (χ2v) is 8.70. The third-order valence-electron chi connectivity index (χ3n) is 6.08. The molecule has 0 aliphatic carbocycles. The van der Waals surface area contributed by atoms with Crippen LogP contribution in [-0.2, 0) is 12.8 Å². The lowest BCUT2D eigenvalue weighted by Gasteiger charge is -2.13. The first kappa shape index (κ1) is 25.7. The Hall–Kier alpha value is -1.31. The molecule has 0 spiro atoms. The van der Waals surface area contributed by atoms with Crippen LogP contribution in [0.25, 0.3) is 0 Å². The number of rotatable bonds is 19. The van der Waals surface area contributed by atoms with E-state index in [0.29, 0.717) is 5.56 Å². The van der Waals surface area contributed by atoms with Crippen LogP contribution in [0.4, 0.5) is 0 Å². The van der Waals surface area contributed by atoms with Gasteiger partial charge in [0.2, 0.25) is 0 Å². The summed E-state index contributed by atoms with van der Waals surface area (Å²) in [5.41, 5.74) is 2.91. The van der Waals surface area contributed by atoms with Gasteiger partial charge in [0, 0.05) is 0 Å². The van der Waals surface area contributed by atoms with Crippen LogP contribution in [0.15, 0.2) is 18.2 Å². The smallest absolute Gasteiger partial charge is 0.335 e. The van der Waals surface area contributed by atoms with Crippen molar-refractivity contribution in [3.05, 3.63) is 34.9 Å². The predicted molar refractivity (Wildman–Crippen MR) is 126 cm³/mol. The van der Waals surface area contributed by atoms with Gasteiger partial charge in [-0.2, -0.15) is 0 Å². The third kappa shape index (κ3) is 12.1. The zero-order valence-electron chi connectivity index (χ0n) is 19.3. The Morgan fingerprint density at radius 2 is 1.10 bits per heavy atom. The molecule has 0 bridgehead atoms. The molecule has 0 radical (unpaired) electrons. The van der Waals surface area contributed by atoms with Crippen molar-refractivity contribution < 1.29 is 9.90 Å². The molecule has 1 rings (SSSR count). The number of aryl methyl sites for hydroxylation is 1. The van der Waals surface area contributed by atoms with E-state index in [1.54, 1.807) is 6.07 Å². The zero-order chi connectivity index (χ0) is 21.2. The van der Waals surface area contributed by atoms with E-state index in [1.807, 2.05) is 6.07 Å². The average Bonchev–Trinajstić information content (AvgIpc) is 2.72. The van der Waals surface area contributed by atoms with Crippen molar-refractivity contribution in [1.82, 2.24) is 0 Å². The fourth-order valence-corrected chi connectivity index (χ4v) is 4.25. The number of benzene rings is 1. The van der Waals surface area contributed by atoms with Gasteiger partial charge in [-0.15, -0.1) is 0 Å². The quantitative estimate of drug-likeness (QED) is 0.235. The van der Waals surface area contributed by atoms with Crippen LogP contribution in [-0.4, -0.2) is 11.1 Å². The van der Waals surface area contributed by atoms with Gasteiger partial charge >= 0.3 is 5.97 Å². The maximum atomic E-state index is 11.7. The average molecular weight is 403 g/mol. The van der Waals surface area contributed by atoms with Crippen LogP contribution in [0.5, 0.6) is 0 Å². The summed E-state index contributed by atoms with van der Waals surface area (Å²) in [6.45, 7) is 4.51. The molecular formula is C27H46O2. The fourth-order valence-electron chi connectivity index (χ4n) is 4.25. The van der Waals surface area contributed by atoms with E-state index in [2.05, 4.69) is 19.9 Å². The largest absolute Gasteiger partial charge is 0.478 e. The lowest BCUT2D eigenvalue weighted by atomic mass is 9.92. The Bertz CT molecular complexity index is 535. The Balaban J connectivity index is 2.36. The van der Waals surface area contributed by atoms with Crippen molar-refractivity contribution in [2.24, 2.45) is 0 Å². The van der Waals surface area contributed by atoms with E-state index < -0.39 is 5.97 Å². The molecule has 0 atom stereocenters. The van der Waals surface area contributed by atoms with Gasteiger partial charge in [0.25, 0.3) is 0 Å². The van der Waals surface area contributed by atoms with Crippen LogP contribution < -0.4 is 0 Å². The molecule has 166 valence electrons. The first-order valence-corrected chi connectivity index (χ1v) is 12.5. The van der Waals surface area contributed by atoms with E-state index in [-0.39, 0.29) is 0 Å². The summed E-state index contributed by atoms with van der Waals surface area (Å²) >= 11 is 0. The van der Waals surface area contributed by atoms with Gasteiger partial charge < -0.3 is 5.11 Å². The summed E-state index contributed by atoms with van der Waals surface area (Å²) in [5.74, 6) is -0.767. The predicted octanol–water partition coefficient (Wildman–Crippen LogP) is 8.75. The summed E-state index contributed by atoms with van der Waals surface area (Å²) < 4.78 is 0. The Kier molecular flexibility index (Phi) is 15.6. The molecular weight excluding hydrogens is 356 g/mol. The number of carboxylic acids is 1. The SMILES string of the molecule is CCCCCCCCCCCCc1c(CCCCCCCC)cccc1C(=O)O. The minimum atomic E-state index is -0.767. The number of carbonyl (C=O) groups is 1. The van der Waals surface area contributed by atoms with Gasteiger partial charge in [0.1, 0.15) is 0 Å². The molecule has 0 saturated heterocycles. The van der Waals surface area contributed by atoms with E-state index in [4.69, 9.17) is 0 Å². The van der Waals surface area contributed by atoms with Gasteiger partial charge in [0.05, 0.1) is 5.56 Å². The summed E-state index contributed by atoms with van der Waals surface area (Å²) in [7, 11) is 0. The summed E-state index contributed by atoms with van der Waals surface area (Å²) in [6, 6.07) is 5.88. The topological polar surface area (TPSA) is 37.3 Å². The van der Waals surface area contributed by atoms with Gasteiger partial charge in [-0.25, -0.2) is 4.79 Å². The van der Waals surface area contributed by atoms with E-state index >= 15 is 0 Å². The number of unbranched alkanes of at least 4 members (excludes halogenated alkanes) is 14. The monoisotopic (exact) mass is 402 g/mol. The molecule has 0 aromatic heterocycles. The first-order valence-electron chi connectivity index (χ1n) is 12.5. The maximum absolute atomic E-state index is 11.7. The van der Waals surface area contributed by atoms with Crippen molar-refractivity contribution in [1.29, 1.82) is 0 Å². The molecule has 1 aromatic carbocycles. The minimum absolute atomic E-state index is 0.532. The molecule has 0 aliphatic rings. The molecule has 1 aromatic rings. The van der Waals surface area contributed by atoms with Crippen molar-refractivity contribution in [2.45, 2.75) is 129 Å². The number of hydrogen-bond donors (Lipinski definition) is 1. The van der Waals surface area contributed by atoms with Crippen molar-refractivity contribution >= 4 is 5.97 Å². The Morgan fingerprint density at radius 3 is 1.59 bits per heavy atom. The highest BCUT2D eigenvalue weighted by atomic mass is 16.4. The Morgan fingerprint density at radius 1 is 0.655 bits per heavy atom. The van der Waals surface area contributed by atoms with E-state index in [1.165, 1.54) is 102 Å². The number of carboxylic acid groups (broad SMARTS) is 1. The third-order valence-corrected chi connectivity index (χ3v) is 6.08. The van der Waals surface area contributed by atoms with Crippen LogP contribution in [0, 0.1) is 0 Å². The molecule has 2 nitrogen and oxygen atoms in total.